The van der Waals surface area contributed by atoms with Crippen LogP contribution >= 0.6 is 0 Å². The minimum absolute atomic E-state index is 0.0843. The third-order valence-corrected chi connectivity index (χ3v) is 7.00. The Morgan fingerprint density at radius 1 is 1.09 bits per heavy atom. The van der Waals surface area contributed by atoms with Crippen LogP contribution in [-0.2, 0) is 4.79 Å². The molecule has 0 radical (unpaired) electrons. The zero-order chi connectivity index (χ0) is 23.8. The van der Waals surface area contributed by atoms with E-state index in [-0.39, 0.29) is 5.91 Å². The molecule has 2 atom stereocenters. The van der Waals surface area contributed by atoms with E-state index in [1.807, 2.05) is 18.2 Å². The molecule has 7 heteroatoms. The molecule has 1 saturated heterocycles. The number of carbonyl (C=O) groups excluding carboxylic acids is 1. The average Bonchev–Trinajstić information content (AvgIpc) is 3.36. The number of unbranched alkanes of at least 4 members (excludes halogenated alkanes) is 1. The molecule has 0 aromatic heterocycles. The third-order valence-electron chi connectivity index (χ3n) is 7.00. The second-order valence-corrected chi connectivity index (χ2v) is 9.78. The number of nitrogens with zero attached hydrogens (tertiary/aromatic N) is 1. The molecular formula is C27H38N2O5. The zero-order valence-corrected chi connectivity index (χ0v) is 20.1. The molecule has 3 aliphatic rings. The van der Waals surface area contributed by atoms with Crippen molar-refractivity contribution in [3.05, 3.63) is 23.8 Å². The number of aliphatic hydroxyl groups is 2. The van der Waals surface area contributed by atoms with Crippen molar-refractivity contribution < 1.29 is 24.5 Å². The normalized spacial score (nSPS) is 21.2. The molecule has 2 aliphatic heterocycles. The second-order valence-electron chi connectivity index (χ2n) is 9.78. The summed E-state index contributed by atoms with van der Waals surface area (Å²) in [5.74, 6) is 7.34. The van der Waals surface area contributed by atoms with E-state index in [2.05, 4.69) is 22.1 Å². The van der Waals surface area contributed by atoms with Crippen LogP contribution in [-0.4, -0.2) is 65.5 Å². The van der Waals surface area contributed by atoms with Gasteiger partial charge in [0.15, 0.2) is 11.5 Å². The van der Waals surface area contributed by atoms with Gasteiger partial charge in [-0.25, -0.2) is 0 Å². The van der Waals surface area contributed by atoms with Crippen LogP contribution in [0.1, 0.15) is 75.9 Å². The molecule has 1 aromatic carbocycles. The van der Waals surface area contributed by atoms with Gasteiger partial charge in [0.2, 0.25) is 5.91 Å². The molecule has 34 heavy (non-hydrogen) atoms. The van der Waals surface area contributed by atoms with Crippen LogP contribution in [0.4, 0.5) is 0 Å². The van der Waals surface area contributed by atoms with E-state index in [0.29, 0.717) is 56.1 Å². The molecule has 1 aromatic rings. The van der Waals surface area contributed by atoms with Gasteiger partial charge < -0.3 is 29.9 Å². The summed E-state index contributed by atoms with van der Waals surface area (Å²) < 4.78 is 11.3. The number of carbonyl (C=O) groups is 1. The van der Waals surface area contributed by atoms with Crippen LogP contribution in [0, 0.1) is 11.8 Å². The predicted molar refractivity (Wildman–Crippen MR) is 130 cm³/mol. The number of amides is 1. The number of fused-ring (bicyclic) bond motifs is 1. The maximum Gasteiger partial charge on any atom is 0.220 e. The van der Waals surface area contributed by atoms with Gasteiger partial charge in [0, 0.05) is 19.4 Å². The van der Waals surface area contributed by atoms with Gasteiger partial charge in [0.05, 0.1) is 6.04 Å². The number of aliphatic hydroxyl groups excluding tert-OH is 1. The summed E-state index contributed by atoms with van der Waals surface area (Å²) in [6, 6.07) is 5.06. The molecule has 1 aliphatic carbocycles. The Bertz CT molecular complexity index is 881. The Morgan fingerprint density at radius 3 is 2.59 bits per heavy atom. The van der Waals surface area contributed by atoms with E-state index in [0.717, 1.165) is 51.6 Å². The molecule has 1 amide bonds. The third kappa shape index (κ3) is 6.88. The Balaban J connectivity index is 1.32. The molecule has 2 heterocycles. The summed E-state index contributed by atoms with van der Waals surface area (Å²) in [5, 5.41) is 24.7. The summed E-state index contributed by atoms with van der Waals surface area (Å²) >= 11 is 0. The van der Waals surface area contributed by atoms with Crippen LogP contribution in [0.3, 0.4) is 0 Å². The Hall–Kier alpha value is -2.27. The van der Waals surface area contributed by atoms with E-state index >= 15 is 0 Å². The van der Waals surface area contributed by atoms with Crippen LogP contribution in [0.15, 0.2) is 18.2 Å². The largest absolute Gasteiger partial charge is 0.486 e. The Morgan fingerprint density at radius 2 is 1.82 bits per heavy atom. The first-order chi connectivity index (χ1) is 16.5. The maximum atomic E-state index is 12.7. The summed E-state index contributed by atoms with van der Waals surface area (Å²) in [7, 11) is 0. The minimum Gasteiger partial charge on any atom is -0.486 e. The standard InChI is InChI=1S/C27H38N2O5/c30-25(9-3-1-4-12-27(32)13-5-2-6-14-27)28-22(20-29-15-7-8-16-29)26(31)21-10-11-23-24(19-21)34-18-17-33-23/h10-11,19,22,26,31-32H,1-3,5-9,13-18,20H2,(H,28,30)/t22-,26-/m1/s1. The van der Waals surface area contributed by atoms with E-state index in [1.54, 1.807) is 0 Å². The lowest BCUT2D eigenvalue weighted by Crippen LogP contribution is -2.46. The van der Waals surface area contributed by atoms with Crippen molar-refractivity contribution in [2.24, 2.45) is 0 Å². The second kappa shape index (κ2) is 11.9. The molecule has 3 N–H and O–H groups in total. The van der Waals surface area contributed by atoms with Gasteiger partial charge >= 0.3 is 0 Å². The molecule has 0 spiro atoms. The first-order valence-corrected chi connectivity index (χ1v) is 12.8. The number of likely N-dealkylation sites (tertiary alicyclic amines) is 1. The smallest absolute Gasteiger partial charge is 0.220 e. The lowest BCUT2D eigenvalue weighted by atomic mass is 9.85. The van der Waals surface area contributed by atoms with Gasteiger partial charge in [0.1, 0.15) is 24.9 Å². The van der Waals surface area contributed by atoms with Crippen molar-refractivity contribution in [1.29, 1.82) is 0 Å². The predicted octanol–water partition coefficient (Wildman–Crippen LogP) is 2.94. The van der Waals surface area contributed by atoms with Crippen LogP contribution < -0.4 is 14.8 Å². The molecule has 1 saturated carbocycles. The van der Waals surface area contributed by atoms with Crippen molar-refractivity contribution in [2.45, 2.75) is 82.0 Å². The van der Waals surface area contributed by atoms with Crippen molar-refractivity contribution >= 4 is 5.91 Å². The molecule has 0 bridgehead atoms. The van der Waals surface area contributed by atoms with Crippen LogP contribution in [0.2, 0.25) is 0 Å². The number of benzene rings is 1. The zero-order valence-electron chi connectivity index (χ0n) is 20.1. The number of ether oxygens (including phenoxy) is 2. The maximum absolute atomic E-state index is 12.7. The summed E-state index contributed by atoms with van der Waals surface area (Å²) in [5.41, 5.74) is -0.130. The topological polar surface area (TPSA) is 91.3 Å². The van der Waals surface area contributed by atoms with Gasteiger partial charge in [0.25, 0.3) is 0 Å². The lowest BCUT2D eigenvalue weighted by molar-refractivity contribution is -0.123. The summed E-state index contributed by atoms with van der Waals surface area (Å²) in [6.07, 6.45) is 7.71. The fraction of sp³-hybridized carbons (Fsp3) is 0.667. The Kier molecular flexibility index (Phi) is 8.71. The monoisotopic (exact) mass is 470 g/mol. The van der Waals surface area contributed by atoms with Crippen LogP contribution in [0.5, 0.6) is 11.5 Å². The van der Waals surface area contributed by atoms with Gasteiger partial charge in [-0.1, -0.05) is 18.4 Å². The number of rotatable bonds is 8. The molecule has 7 nitrogen and oxygen atoms in total. The molecule has 0 unspecified atom stereocenters. The molecule has 186 valence electrons. The van der Waals surface area contributed by atoms with Gasteiger partial charge in [-0.15, -0.1) is 5.92 Å². The number of hydrogen-bond donors (Lipinski definition) is 3. The van der Waals surface area contributed by atoms with Crippen molar-refractivity contribution in [3.8, 4) is 23.3 Å². The average molecular weight is 471 g/mol. The highest BCUT2D eigenvalue weighted by Crippen LogP contribution is 2.33. The van der Waals surface area contributed by atoms with Gasteiger partial charge in [-0.3, -0.25) is 4.79 Å². The van der Waals surface area contributed by atoms with E-state index in [9.17, 15) is 15.0 Å². The first-order valence-electron chi connectivity index (χ1n) is 12.8. The van der Waals surface area contributed by atoms with E-state index < -0.39 is 17.7 Å². The molecule has 2 fully saturated rings. The highest BCUT2D eigenvalue weighted by atomic mass is 16.6. The van der Waals surface area contributed by atoms with Gasteiger partial charge in [-0.05, 0) is 75.7 Å². The van der Waals surface area contributed by atoms with E-state index in [4.69, 9.17) is 9.47 Å². The molecule has 4 rings (SSSR count). The highest BCUT2D eigenvalue weighted by molar-refractivity contribution is 5.76. The minimum atomic E-state index is -0.847. The number of hydrogen-bond acceptors (Lipinski definition) is 6. The van der Waals surface area contributed by atoms with Crippen molar-refractivity contribution in [3.63, 3.8) is 0 Å². The number of nitrogens with one attached hydrogen (secondary N) is 1. The van der Waals surface area contributed by atoms with Crippen LogP contribution in [0.25, 0.3) is 0 Å². The summed E-state index contributed by atoms with van der Waals surface area (Å²) in [6.45, 7) is 3.58. The van der Waals surface area contributed by atoms with Crippen molar-refractivity contribution in [2.75, 3.05) is 32.8 Å². The summed E-state index contributed by atoms with van der Waals surface area (Å²) in [4.78, 5) is 15.0. The lowest BCUT2D eigenvalue weighted by Gasteiger charge is -2.29. The SMILES string of the molecule is O=C(CCCC#CC1(O)CCCCC1)N[C@H](CN1CCCC1)[C@H](O)c1ccc2c(c1)OCCO2. The quantitative estimate of drug-likeness (QED) is 0.400. The fourth-order valence-corrected chi connectivity index (χ4v) is 5.05. The highest BCUT2D eigenvalue weighted by Gasteiger charge is 2.28. The molecular weight excluding hydrogens is 432 g/mol. The fourth-order valence-electron chi connectivity index (χ4n) is 5.05. The van der Waals surface area contributed by atoms with Crippen molar-refractivity contribution in [1.82, 2.24) is 10.2 Å². The first kappa shape index (κ1) is 24.8. The van der Waals surface area contributed by atoms with E-state index in [1.165, 1.54) is 6.42 Å². The van der Waals surface area contributed by atoms with Gasteiger partial charge in [-0.2, -0.15) is 0 Å². The Labute approximate surface area is 202 Å².